The van der Waals surface area contributed by atoms with E-state index in [1.54, 1.807) is 7.05 Å². The number of carbonyl (C=O) groups is 1. The van der Waals surface area contributed by atoms with Crippen molar-refractivity contribution in [2.24, 2.45) is 7.05 Å². The minimum absolute atomic E-state index is 0.100. The van der Waals surface area contributed by atoms with Crippen molar-refractivity contribution >= 4 is 16.7 Å². The van der Waals surface area contributed by atoms with Crippen LogP contribution in [0.1, 0.15) is 34.8 Å². The van der Waals surface area contributed by atoms with Gasteiger partial charge in [-0.3, -0.25) is 9.59 Å². The first-order valence-corrected chi connectivity index (χ1v) is 8.95. The minimum Gasteiger partial charge on any atom is -0.337 e. The number of aryl methyl sites for hydroxylation is 1. The number of rotatable bonds is 2. The number of hydrogen-bond donors (Lipinski definition) is 0. The Bertz CT molecular complexity index is 1010. The van der Waals surface area contributed by atoms with Gasteiger partial charge >= 0.3 is 0 Å². The third kappa shape index (κ3) is 3.01. The van der Waals surface area contributed by atoms with Crippen LogP contribution in [-0.4, -0.2) is 33.7 Å². The number of fused-ring (bicyclic) bond motifs is 1. The SMILES string of the molecule is Cn1nc(C(=O)N2CCC(c3cccc4ccccc34)CC2)ccc1=O. The van der Waals surface area contributed by atoms with Crippen molar-refractivity contribution in [1.29, 1.82) is 0 Å². The van der Waals surface area contributed by atoms with Crippen LogP contribution in [0.4, 0.5) is 0 Å². The molecular weight excluding hydrogens is 326 g/mol. The van der Waals surface area contributed by atoms with Crippen molar-refractivity contribution in [2.75, 3.05) is 13.1 Å². The van der Waals surface area contributed by atoms with E-state index in [2.05, 4.69) is 47.6 Å². The van der Waals surface area contributed by atoms with E-state index in [0.717, 1.165) is 12.8 Å². The van der Waals surface area contributed by atoms with Crippen molar-refractivity contribution in [1.82, 2.24) is 14.7 Å². The molecule has 1 aliphatic rings. The molecule has 5 nitrogen and oxygen atoms in total. The number of benzene rings is 2. The predicted molar refractivity (Wildman–Crippen MR) is 101 cm³/mol. The molecule has 0 bridgehead atoms. The van der Waals surface area contributed by atoms with Crippen molar-refractivity contribution in [3.8, 4) is 0 Å². The monoisotopic (exact) mass is 347 g/mol. The number of amides is 1. The predicted octanol–water partition coefficient (Wildman–Crippen LogP) is 2.95. The maximum Gasteiger partial charge on any atom is 0.274 e. The Hall–Kier alpha value is -2.95. The van der Waals surface area contributed by atoms with Gasteiger partial charge < -0.3 is 4.90 Å². The Morgan fingerprint density at radius 1 is 1.00 bits per heavy atom. The molecule has 0 radical (unpaired) electrons. The first kappa shape index (κ1) is 16.5. The molecule has 4 rings (SSSR count). The zero-order chi connectivity index (χ0) is 18.1. The Labute approximate surface area is 151 Å². The molecular formula is C21H21N3O2. The zero-order valence-electron chi connectivity index (χ0n) is 14.8. The van der Waals surface area contributed by atoms with Gasteiger partial charge in [0.2, 0.25) is 0 Å². The van der Waals surface area contributed by atoms with E-state index in [1.165, 1.54) is 33.2 Å². The highest BCUT2D eigenvalue weighted by atomic mass is 16.2. The number of likely N-dealkylation sites (tertiary alicyclic amines) is 1. The number of nitrogens with zero attached hydrogens (tertiary/aromatic N) is 3. The molecule has 1 fully saturated rings. The molecule has 0 unspecified atom stereocenters. The lowest BCUT2D eigenvalue weighted by Crippen LogP contribution is -2.39. The fourth-order valence-corrected chi connectivity index (χ4v) is 3.78. The van der Waals surface area contributed by atoms with Crippen molar-refractivity contribution in [2.45, 2.75) is 18.8 Å². The molecule has 1 aromatic heterocycles. The summed E-state index contributed by atoms with van der Waals surface area (Å²) in [4.78, 5) is 26.0. The second-order valence-corrected chi connectivity index (χ2v) is 6.82. The standard InChI is InChI=1S/C21H21N3O2/c1-23-20(25)10-9-19(22-23)21(26)24-13-11-16(12-14-24)18-8-4-6-15-5-2-3-7-17(15)18/h2-10,16H,11-14H2,1H3. The molecule has 1 aliphatic heterocycles. The van der Waals surface area contributed by atoms with E-state index in [9.17, 15) is 9.59 Å². The fraction of sp³-hybridized carbons (Fsp3) is 0.286. The van der Waals surface area contributed by atoms with Gasteiger partial charge in [-0.15, -0.1) is 0 Å². The van der Waals surface area contributed by atoms with Gasteiger partial charge in [-0.1, -0.05) is 42.5 Å². The third-order valence-corrected chi connectivity index (χ3v) is 5.22. The fourth-order valence-electron chi connectivity index (χ4n) is 3.78. The normalized spacial score (nSPS) is 15.3. The van der Waals surface area contributed by atoms with Gasteiger partial charge in [0.1, 0.15) is 5.69 Å². The Morgan fingerprint density at radius 2 is 1.73 bits per heavy atom. The number of carbonyl (C=O) groups excluding carboxylic acids is 1. The van der Waals surface area contributed by atoms with Crippen molar-refractivity contribution < 1.29 is 4.79 Å². The van der Waals surface area contributed by atoms with Gasteiger partial charge in [-0.25, -0.2) is 4.68 Å². The minimum atomic E-state index is -0.212. The molecule has 0 spiro atoms. The average molecular weight is 347 g/mol. The first-order valence-electron chi connectivity index (χ1n) is 8.95. The lowest BCUT2D eigenvalue weighted by Gasteiger charge is -2.32. The smallest absolute Gasteiger partial charge is 0.274 e. The van der Waals surface area contributed by atoms with Crippen LogP contribution < -0.4 is 5.56 Å². The summed E-state index contributed by atoms with van der Waals surface area (Å²) in [6.07, 6.45) is 1.87. The van der Waals surface area contributed by atoms with E-state index in [1.807, 2.05) is 4.90 Å². The lowest BCUT2D eigenvalue weighted by molar-refractivity contribution is 0.0704. The van der Waals surface area contributed by atoms with Crippen molar-refractivity contribution in [3.63, 3.8) is 0 Å². The summed E-state index contributed by atoms with van der Waals surface area (Å²) in [7, 11) is 1.56. The molecule has 26 heavy (non-hydrogen) atoms. The van der Waals surface area contributed by atoms with Gasteiger partial charge in [0.05, 0.1) is 0 Å². The van der Waals surface area contributed by atoms with Crippen LogP contribution in [0.2, 0.25) is 0 Å². The second kappa shape index (κ2) is 6.75. The number of hydrogen-bond acceptors (Lipinski definition) is 3. The zero-order valence-corrected chi connectivity index (χ0v) is 14.8. The van der Waals surface area contributed by atoms with Gasteiger partial charge in [0.25, 0.3) is 11.5 Å². The summed E-state index contributed by atoms with van der Waals surface area (Å²) < 4.78 is 1.20. The summed E-state index contributed by atoms with van der Waals surface area (Å²) in [5.74, 6) is 0.357. The maximum absolute atomic E-state index is 12.7. The molecule has 1 saturated heterocycles. The van der Waals surface area contributed by atoms with Crippen LogP contribution in [0.5, 0.6) is 0 Å². The summed E-state index contributed by atoms with van der Waals surface area (Å²) in [5, 5.41) is 6.65. The summed E-state index contributed by atoms with van der Waals surface area (Å²) in [6, 6.07) is 17.8. The van der Waals surface area contributed by atoms with Gasteiger partial charge in [0, 0.05) is 26.2 Å². The Kier molecular flexibility index (Phi) is 4.29. The van der Waals surface area contributed by atoms with Crippen LogP contribution >= 0.6 is 0 Å². The summed E-state index contributed by atoms with van der Waals surface area (Å²) >= 11 is 0. The first-order chi connectivity index (χ1) is 12.6. The Morgan fingerprint density at radius 3 is 2.50 bits per heavy atom. The quantitative estimate of drug-likeness (QED) is 0.716. The Balaban J connectivity index is 1.51. The topological polar surface area (TPSA) is 55.2 Å². The summed E-state index contributed by atoms with van der Waals surface area (Å²) in [6.45, 7) is 1.41. The van der Waals surface area contributed by atoms with Gasteiger partial charge in [-0.2, -0.15) is 5.10 Å². The molecule has 0 aliphatic carbocycles. The molecule has 0 atom stereocenters. The molecule has 0 saturated carbocycles. The van der Waals surface area contributed by atoms with E-state index in [-0.39, 0.29) is 11.5 Å². The van der Waals surface area contributed by atoms with Crippen LogP contribution in [0, 0.1) is 0 Å². The van der Waals surface area contributed by atoms with Crippen LogP contribution in [0.15, 0.2) is 59.4 Å². The third-order valence-electron chi connectivity index (χ3n) is 5.22. The van der Waals surface area contributed by atoms with Crippen molar-refractivity contribution in [3.05, 3.63) is 76.2 Å². The van der Waals surface area contributed by atoms with Gasteiger partial charge in [0.15, 0.2) is 0 Å². The van der Waals surface area contributed by atoms with Crippen LogP contribution in [0.3, 0.4) is 0 Å². The maximum atomic E-state index is 12.7. The summed E-state index contributed by atoms with van der Waals surface area (Å²) in [5.41, 5.74) is 1.49. The van der Waals surface area contributed by atoms with E-state index in [4.69, 9.17) is 0 Å². The molecule has 0 N–H and O–H groups in total. The second-order valence-electron chi connectivity index (χ2n) is 6.82. The lowest BCUT2D eigenvalue weighted by atomic mass is 9.86. The highest BCUT2D eigenvalue weighted by molar-refractivity contribution is 5.92. The molecule has 1 amide bonds. The van der Waals surface area contributed by atoms with Gasteiger partial charge in [-0.05, 0) is 41.2 Å². The van der Waals surface area contributed by atoms with E-state index in [0.29, 0.717) is 24.7 Å². The largest absolute Gasteiger partial charge is 0.337 e. The molecule has 3 aromatic rings. The molecule has 132 valence electrons. The highest BCUT2D eigenvalue weighted by Gasteiger charge is 2.26. The van der Waals surface area contributed by atoms with Crippen LogP contribution in [0.25, 0.3) is 10.8 Å². The van der Waals surface area contributed by atoms with Crippen LogP contribution in [-0.2, 0) is 7.05 Å². The molecule has 2 aromatic carbocycles. The molecule has 5 heteroatoms. The number of piperidine rings is 1. The average Bonchev–Trinajstić information content (AvgIpc) is 2.69. The van der Waals surface area contributed by atoms with E-state index < -0.39 is 0 Å². The highest BCUT2D eigenvalue weighted by Crippen LogP contribution is 2.33. The number of aromatic nitrogens is 2. The van der Waals surface area contributed by atoms with E-state index >= 15 is 0 Å². The molecule has 2 heterocycles.